The van der Waals surface area contributed by atoms with Gasteiger partial charge < -0.3 is 0 Å². The van der Waals surface area contributed by atoms with Crippen molar-refractivity contribution < 1.29 is 37.1 Å². The van der Waals surface area contributed by atoms with Crippen molar-refractivity contribution >= 4 is 26.9 Å². The predicted octanol–water partition coefficient (Wildman–Crippen LogP) is 4.26. The van der Waals surface area contributed by atoms with Gasteiger partial charge in [-0.1, -0.05) is 0 Å². The third-order valence-electron chi connectivity index (χ3n) is 3.85. The second kappa shape index (κ2) is 9.16. The van der Waals surface area contributed by atoms with E-state index in [0.29, 0.717) is 0 Å². The number of hydrogen-bond donors (Lipinski definition) is 0. The van der Waals surface area contributed by atoms with Crippen LogP contribution in [0.4, 0.5) is 0 Å². The van der Waals surface area contributed by atoms with Crippen LogP contribution in [0, 0.1) is 0 Å². The molecule has 0 unspecified atom stereocenters. The van der Waals surface area contributed by atoms with E-state index >= 15 is 0 Å². The fraction of sp³-hybridized carbons (Fsp3) is 0.143. The van der Waals surface area contributed by atoms with Crippen molar-refractivity contribution in [3.8, 4) is 0 Å². The maximum atomic E-state index is 2.56. The van der Waals surface area contributed by atoms with E-state index in [1.54, 1.807) is 15.9 Å². The molecule has 4 heteroatoms. The largest absolute Gasteiger partial charge is 0 e. The van der Waals surface area contributed by atoms with Crippen LogP contribution in [-0.2, 0) is 37.1 Å². The minimum absolute atomic E-state index is 0. The normalized spacial score (nSPS) is 13.1. The van der Waals surface area contributed by atoms with Gasteiger partial charge in [-0.05, 0) is 0 Å². The van der Waals surface area contributed by atoms with E-state index in [9.17, 15) is 0 Å². The Hall–Kier alpha value is -0.168. The summed E-state index contributed by atoms with van der Waals surface area (Å²) in [7, 11) is 0. The van der Waals surface area contributed by atoms with Crippen LogP contribution in [0.15, 0.2) is 91.0 Å². The molecule has 0 aromatic heterocycles. The Morgan fingerprint density at radius 3 is 1.04 bits per heavy atom. The van der Waals surface area contributed by atoms with E-state index < -0.39 is 11.0 Å². The maximum Gasteiger partial charge on any atom is 0 e. The van der Waals surface area contributed by atoms with Gasteiger partial charge in [-0.25, -0.2) is 0 Å². The van der Waals surface area contributed by atoms with E-state index in [1.165, 1.54) is 0 Å². The Kier molecular flexibility index (Phi) is 7.74. The van der Waals surface area contributed by atoms with Gasteiger partial charge in [0, 0.05) is 20.4 Å². The van der Waals surface area contributed by atoms with Gasteiger partial charge in [-0.15, -0.1) is 0 Å². The van der Waals surface area contributed by atoms with Crippen molar-refractivity contribution in [2.75, 3.05) is 20.0 Å². The molecular formula is C21H26IrP2Pd. The molecule has 0 aliphatic carbocycles. The second-order valence-electron chi connectivity index (χ2n) is 6.81. The zero-order chi connectivity index (χ0) is 17.0. The van der Waals surface area contributed by atoms with E-state index in [0.717, 1.165) is 0 Å². The molecule has 0 fully saturated rings. The molecule has 25 heavy (non-hydrogen) atoms. The van der Waals surface area contributed by atoms with Crippen LogP contribution in [0.1, 0.15) is 0 Å². The van der Waals surface area contributed by atoms with Crippen LogP contribution in [0.3, 0.4) is 0 Å². The summed E-state index contributed by atoms with van der Waals surface area (Å²) in [5.41, 5.74) is -3.03. The van der Waals surface area contributed by atoms with E-state index in [4.69, 9.17) is 0 Å². The second-order valence-corrected chi connectivity index (χ2v) is 36.0. The Labute approximate surface area is 174 Å². The van der Waals surface area contributed by atoms with Crippen LogP contribution < -0.4 is 15.9 Å². The van der Waals surface area contributed by atoms with E-state index in [2.05, 4.69) is 111 Å². The van der Waals surface area contributed by atoms with Gasteiger partial charge in [0.05, 0.1) is 0 Å². The third-order valence-corrected chi connectivity index (χ3v) is 40.6. The van der Waals surface area contributed by atoms with Crippen LogP contribution >= 0.6 is 11.0 Å². The fourth-order valence-electron chi connectivity index (χ4n) is 3.00. The summed E-state index contributed by atoms with van der Waals surface area (Å²) in [5, 5.41) is 4.76. The van der Waals surface area contributed by atoms with Gasteiger partial charge >= 0.3 is 155 Å². The zero-order valence-corrected chi connectivity index (χ0v) is 20.8. The summed E-state index contributed by atoms with van der Waals surface area (Å²) in [6.07, 6.45) is 0. The molecule has 3 rings (SSSR count). The van der Waals surface area contributed by atoms with Gasteiger partial charge in [0.25, 0.3) is 0 Å². The molecule has 0 N–H and O–H groups in total. The molecule has 0 amide bonds. The first-order valence-corrected chi connectivity index (χ1v) is 20.7. The molecule has 0 atom stereocenters. The number of rotatable bonds is 5. The molecule has 0 aliphatic rings. The maximum absolute atomic E-state index is 2.56. The van der Waals surface area contributed by atoms with Crippen LogP contribution in [0.2, 0.25) is 0 Å². The number of hydrogen-bond acceptors (Lipinski definition) is 0. The Balaban J connectivity index is 0.00000225. The van der Waals surface area contributed by atoms with Gasteiger partial charge in [0.2, 0.25) is 0 Å². The Morgan fingerprint density at radius 2 is 0.800 bits per heavy atom. The van der Waals surface area contributed by atoms with Crippen molar-refractivity contribution in [1.29, 1.82) is 0 Å². The Morgan fingerprint density at radius 1 is 0.520 bits per heavy atom. The molecule has 0 saturated heterocycles. The van der Waals surface area contributed by atoms with Crippen molar-refractivity contribution in [3.63, 3.8) is 0 Å². The van der Waals surface area contributed by atoms with Crippen LogP contribution in [0.25, 0.3) is 0 Å². The quantitative estimate of drug-likeness (QED) is 0.290. The van der Waals surface area contributed by atoms with Gasteiger partial charge in [-0.2, -0.15) is 0 Å². The molecule has 0 nitrogen and oxygen atoms in total. The van der Waals surface area contributed by atoms with Gasteiger partial charge in [0.15, 0.2) is 0 Å². The van der Waals surface area contributed by atoms with Gasteiger partial charge in [-0.3, -0.25) is 0 Å². The standard InChI is InChI=1S/C18H15P.C3H9P.Ir.Pd/c1-4-10-16(11-5-1)19(17-12-6-2-7-13-17)18-14-8-3-9-15-18;1-4(2)3;;/h1-15H;1-3H3;;/q;;-2;/p+2. The van der Waals surface area contributed by atoms with Crippen molar-refractivity contribution in [2.24, 2.45) is 0 Å². The topological polar surface area (TPSA) is 0 Å². The molecule has 0 radical (unpaired) electrons. The molecule has 0 heterocycles. The van der Waals surface area contributed by atoms with Crippen molar-refractivity contribution in [1.82, 2.24) is 0 Å². The summed E-state index contributed by atoms with van der Waals surface area (Å²) < 4.78 is 0. The smallest absolute Gasteiger partial charge is 0 e. The summed E-state index contributed by atoms with van der Waals surface area (Å²) >= 11 is -0.101. The molecule has 139 valence electrons. The minimum atomic E-state index is -1.87. The fourth-order valence-corrected chi connectivity index (χ4v) is 47.2. The summed E-state index contributed by atoms with van der Waals surface area (Å²) in [6, 6.07) is 34.1. The summed E-state index contributed by atoms with van der Waals surface area (Å²) in [4.78, 5) is 0. The van der Waals surface area contributed by atoms with Crippen molar-refractivity contribution in [2.45, 2.75) is 0 Å². The zero-order valence-electron chi connectivity index (χ0n) is 14.8. The molecule has 0 spiro atoms. The molecule has 3 aromatic carbocycles. The predicted molar refractivity (Wildman–Crippen MR) is 113 cm³/mol. The SMILES string of the molecule is C[PH](C)(C)[Ir][PH](c1ccccc1)(c1ccccc1)c1ccccc1.[Pd]. The van der Waals surface area contributed by atoms with Gasteiger partial charge in [0.1, 0.15) is 0 Å². The van der Waals surface area contributed by atoms with E-state index in [-0.39, 0.29) is 37.1 Å². The first-order chi connectivity index (χ1) is 11.5. The number of benzene rings is 3. The first kappa shape index (κ1) is 21.1. The van der Waals surface area contributed by atoms with Crippen molar-refractivity contribution in [3.05, 3.63) is 91.0 Å². The summed E-state index contributed by atoms with van der Waals surface area (Å²) in [6.45, 7) is 7.68. The molecule has 3 aromatic rings. The molecule has 0 bridgehead atoms. The molecule has 0 saturated carbocycles. The molecule has 0 aliphatic heterocycles. The summed E-state index contributed by atoms with van der Waals surface area (Å²) in [5.74, 6) is 0. The Bertz CT molecular complexity index is 675. The van der Waals surface area contributed by atoms with Crippen LogP contribution in [0.5, 0.6) is 0 Å². The average molecular weight is 639 g/mol. The molecular weight excluding hydrogens is 613 g/mol. The third kappa shape index (κ3) is 4.96. The van der Waals surface area contributed by atoms with Crippen LogP contribution in [-0.4, -0.2) is 20.0 Å². The first-order valence-electron chi connectivity index (χ1n) is 8.32. The van der Waals surface area contributed by atoms with E-state index in [1.807, 2.05) is 0 Å². The minimum Gasteiger partial charge on any atom is 0 e. The monoisotopic (exact) mass is 639 g/mol. The average Bonchev–Trinajstić information content (AvgIpc) is 2.61.